The summed E-state index contributed by atoms with van der Waals surface area (Å²) in [5.74, 6) is 0. The summed E-state index contributed by atoms with van der Waals surface area (Å²) in [6, 6.07) is 2.45. The van der Waals surface area contributed by atoms with Crippen LogP contribution in [0.3, 0.4) is 0 Å². The lowest BCUT2D eigenvalue weighted by molar-refractivity contribution is 0.270. The first-order valence-corrected chi connectivity index (χ1v) is 8.59. The SMILES string of the molecule is CCCN1CCCC(NC2CCN3CCCC23)CC1. The van der Waals surface area contributed by atoms with E-state index < -0.39 is 0 Å². The largest absolute Gasteiger partial charge is 0.310 e. The van der Waals surface area contributed by atoms with Crippen LogP contribution in [0.2, 0.25) is 0 Å². The Labute approximate surface area is 118 Å². The predicted molar refractivity (Wildman–Crippen MR) is 80.5 cm³/mol. The van der Waals surface area contributed by atoms with Crippen molar-refractivity contribution in [2.75, 3.05) is 32.7 Å². The quantitative estimate of drug-likeness (QED) is 0.839. The Bertz CT molecular complexity index is 281. The molecule has 3 aliphatic rings. The van der Waals surface area contributed by atoms with Gasteiger partial charge in [-0.15, -0.1) is 0 Å². The molecule has 3 unspecified atom stereocenters. The summed E-state index contributed by atoms with van der Waals surface area (Å²) in [5, 5.41) is 4.02. The summed E-state index contributed by atoms with van der Waals surface area (Å²) in [7, 11) is 0. The van der Waals surface area contributed by atoms with Crippen molar-refractivity contribution in [1.29, 1.82) is 0 Å². The van der Waals surface area contributed by atoms with Gasteiger partial charge in [-0.05, 0) is 71.1 Å². The zero-order valence-electron chi connectivity index (χ0n) is 12.6. The molecule has 0 aromatic heterocycles. The van der Waals surface area contributed by atoms with Crippen molar-refractivity contribution in [3.63, 3.8) is 0 Å². The maximum absolute atomic E-state index is 4.02. The molecule has 0 aromatic carbocycles. The molecule has 3 rings (SSSR count). The van der Waals surface area contributed by atoms with E-state index >= 15 is 0 Å². The second kappa shape index (κ2) is 6.55. The molecule has 0 radical (unpaired) electrons. The van der Waals surface area contributed by atoms with E-state index in [1.807, 2.05) is 0 Å². The third kappa shape index (κ3) is 3.32. The minimum absolute atomic E-state index is 0.785. The normalized spacial score (nSPS) is 37.4. The Morgan fingerprint density at radius 2 is 1.84 bits per heavy atom. The number of fused-ring (bicyclic) bond motifs is 1. The van der Waals surface area contributed by atoms with E-state index in [-0.39, 0.29) is 0 Å². The Hall–Kier alpha value is -0.120. The van der Waals surface area contributed by atoms with Crippen molar-refractivity contribution in [1.82, 2.24) is 15.1 Å². The number of rotatable bonds is 4. The first kappa shape index (κ1) is 13.8. The molecule has 0 aromatic rings. The van der Waals surface area contributed by atoms with E-state index in [4.69, 9.17) is 0 Å². The number of nitrogens with one attached hydrogen (secondary N) is 1. The summed E-state index contributed by atoms with van der Waals surface area (Å²) < 4.78 is 0. The topological polar surface area (TPSA) is 18.5 Å². The number of hydrogen-bond donors (Lipinski definition) is 1. The van der Waals surface area contributed by atoms with Crippen molar-refractivity contribution < 1.29 is 0 Å². The van der Waals surface area contributed by atoms with Gasteiger partial charge in [0.05, 0.1) is 0 Å². The second-order valence-electron chi connectivity index (χ2n) is 6.78. The molecular weight excluding hydrogens is 234 g/mol. The van der Waals surface area contributed by atoms with Gasteiger partial charge in [0.15, 0.2) is 0 Å². The van der Waals surface area contributed by atoms with Crippen LogP contribution >= 0.6 is 0 Å². The van der Waals surface area contributed by atoms with Gasteiger partial charge in [0.25, 0.3) is 0 Å². The molecule has 19 heavy (non-hydrogen) atoms. The third-order valence-electron chi connectivity index (χ3n) is 5.42. The van der Waals surface area contributed by atoms with Crippen molar-refractivity contribution in [3.8, 4) is 0 Å². The molecule has 3 nitrogen and oxygen atoms in total. The van der Waals surface area contributed by atoms with Crippen LogP contribution in [0.5, 0.6) is 0 Å². The van der Waals surface area contributed by atoms with Crippen LogP contribution in [0, 0.1) is 0 Å². The summed E-state index contributed by atoms with van der Waals surface area (Å²) in [6.45, 7) is 8.94. The van der Waals surface area contributed by atoms with Crippen LogP contribution in [-0.4, -0.2) is 60.6 Å². The zero-order chi connectivity index (χ0) is 13.1. The van der Waals surface area contributed by atoms with Crippen molar-refractivity contribution in [2.24, 2.45) is 0 Å². The van der Waals surface area contributed by atoms with E-state index in [0.717, 1.165) is 18.1 Å². The molecule has 0 spiro atoms. The van der Waals surface area contributed by atoms with Crippen molar-refractivity contribution in [2.45, 2.75) is 70.0 Å². The summed E-state index contributed by atoms with van der Waals surface area (Å²) in [4.78, 5) is 5.38. The lowest BCUT2D eigenvalue weighted by atomic mass is 10.0. The molecule has 0 aliphatic carbocycles. The van der Waals surface area contributed by atoms with Gasteiger partial charge >= 0.3 is 0 Å². The highest BCUT2D eigenvalue weighted by molar-refractivity contribution is 4.97. The maximum Gasteiger partial charge on any atom is 0.0250 e. The standard InChI is InChI=1S/C16H31N3/c1-2-9-18-10-3-5-14(7-12-18)17-15-8-13-19-11-4-6-16(15)19/h14-17H,2-13H2,1H3. The highest BCUT2D eigenvalue weighted by atomic mass is 15.2. The summed E-state index contributed by atoms with van der Waals surface area (Å²) in [6.07, 6.45) is 9.70. The van der Waals surface area contributed by atoms with Crippen LogP contribution in [0.15, 0.2) is 0 Å². The molecule has 110 valence electrons. The minimum Gasteiger partial charge on any atom is -0.310 e. The fourth-order valence-electron chi connectivity index (χ4n) is 4.44. The summed E-state index contributed by atoms with van der Waals surface area (Å²) >= 11 is 0. The van der Waals surface area contributed by atoms with Crippen LogP contribution in [0.1, 0.15) is 51.9 Å². The summed E-state index contributed by atoms with van der Waals surface area (Å²) in [5.41, 5.74) is 0. The first-order chi connectivity index (χ1) is 9.36. The highest BCUT2D eigenvalue weighted by Gasteiger charge is 2.37. The van der Waals surface area contributed by atoms with Crippen LogP contribution in [0.25, 0.3) is 0 Å². The molecule has 3 fully saturated rings. The van der Waals surface area contributed by atoms with Gasteiger partial charge in [0.2, 0.25) is 0 Å². The van der Waals surface area contributed by atoms with Crippen molar-refractivity contribution in [3.05, 3.63) is 0 Å². The van der Waals surface area contributed by atoms with E-state index in [1.165, 1.54) is 77.7 Å². The second-order valence-corrected chi connectivity index (χ2v) is 6.78. The van der Waals surface area contributed by atoms with Gasteiger partial charge in [-0.2, -0.15) is 0 Å². The van der Waals surface area contributed by atoms with Crippen LogP contribution in [-0.2, 0) is 0 Å². The van der Waals surface area contributed by atoms with Gasteiger partial charge in [0.1, 0.15) is 0 Å². The molecule has 3 saturated heterocycles. The van der Waals surface area contributed by atoms with Gasteiger partial charge < -0.3 is 10.2 Å². The molecule has 3 heteroatoms. The number of likely N-dealkylation sites (tertiary alicyclic amines) is 1. The highest BCUT2D eigenvalue weighted by Crippen LogP contribution is 2.28. The van der Waals surface area contributed by atoms with Gasteiger partial charge in [-0.3, -0.25) is 4.90 Å². The lowest BCUT2D eigenvalue weighted by Crippen LogP contribution is -2.44. The molecule has 1 N–H and O–H groups in total. The first-order valence-electron chi connectivity index (χ1n) is 8.59. The molecule has 3 heterocycles. The Kier molecular flexibility index (Phi) is 4.78. The van der Waals surface area contributed by atoms with Gasteiger partial charge in [-0.25, -0.2) is 0 Å². The molecular formula is C16H31N3. The monoisotopic (exact) mass is 265 g/mol. The van der Waals surface area contributed by atoms with E-state index in [0.29, 0.717) is 0 Å². The lowest BCUT2D eigenvalue weighted by Gasteiger charge is -2.26. The van der Waals surface area contributed by atoms with Crippen LogP contribution < -0.4 is 5.32 Å². The zero-order valence-corrected chi connectivity index (χ0v) is 12.6. The molecule has 0 bridgehead atoms. The fourth-order valence-corrected chi connectivity index (χ4v) is 4.44. The number of nitrogens with zero attached hydrogens (tertiary/aromatic N) is 2. The van der Waals surface area contributed by atoms with Gasteiger partial charge in [0, 0.05) is 24.7 Å². The molecule has 3 atom stereocenters. The third-order valence-corrected chi connectivity index (χ3v) is 5.42. The average Bonchev–Trinajstić information content (AvgIpc) is 2.93. The van der Waals surface area contributed by atoms with Crippen LogP contribution in [0.4, 0.5) is 0 Å². The number of hydrogen-bond acceptors (Lipinski definition) is 3. The van der Waals surface area contributed by atoms with E-state index in [9.17, 15) is 0 Å². The Morgan fingerprint density at radius 3 is 2.74 bits per heavy atom. The molecule has 0 amide bonds. The fraction of sp³-hybridized carbons (Fsp3) is 1.00. The molecule has 3 aliphatic heterocycles. The smallest absolute Gasteiger partial charge is 0.0250 e. The Morgan fingerprint density at radius 1 is 0.947 bits per heavy atom. The van der Waals surface area contributed by atoms with E-state index in [2.05, 4.69) is 22.0 Å². The minimum atomic E-state index is 0.785. The Balaban J connectivity index is 1.47. The average molecular weight is 265 g/mol. The van der Waals surface area contributed by atoms with Crippen molar-refractivity contribution >= 4 is 0 Å². The van der Waals surface area contributed by atoms with Gasteiger partial charge in [-0.1, -0.05) is 6.92 Å². The predicted octanol–water partition coefficient (Wildman–Crippen LogP) is 2.08. The molecule has 0 saturated carbocycles. The van der Waals surface area contributed by atoms with E-state index in [1.54, 1.807) is 0 Å². The maximum atomic E-state index is 4.02.